The molecule has 0 aliphatic heterocycles. The molecule has 1 unspecified atom stereocenters. The smallest absolute Gasteiger partial charge is 0.241 e. The standard InChI is InChI=1S/C22H30N2O3S/c1-5-18(19-9-7-6-8-10-19)15-23-22(25)21(16(2)3)24-28(26,27)20-13-11-17(4)12-14-20/h6-14,16,18,21,24H,5,15H2,1-4H3,(H,23,25)/t18?,21-/m0/s1. The quantitative estimate of drug-likeness (QED) is 0.673. The maximum absolute atomic E-state index is 12.8. The summed E-state index contributed by atoms with van der Waals surface area (Å²) in [5.74, 6) is -0.302. The van der Waals surface area contributed by atoms with Crippen molar-refractivity contribution in [2.75, 3.05) is 6.54 Å². The minimum Gasteiger partial charge on any atom is -0.354 e. The van der Waals surface area contributed by atoms with E-state index >= 15 is 0 Å². The van der Waals surface area contributed by atoms with Gasteiger partial charge in [-0.3, -0.25) is 4.79 Å². The molecule has 2 aromatic rings. The summed E-state index contributed by atoms with van der Waals surface area (Å²) in [5.41, 5.74) is 2.13. The highest BCUT2D eigenvalue weighted by molar-refractivity contribution is 7.89. The Balaban J connectivity index is 2.08. The molecule has 2 aromatic carbocycles. The van der Waals surface area contributed by atoms with Crippen molar-refractivity contribution < 1.29 is 13.2 Å². The van der Waals surface area contributed by atoms with Gasteiger partial charge in [-0.15, -0.1) is 0 Å². The van der Waals surface area contributed by atoms with Gasteiger partial charge in [0.15, 0.2) is 0 Å². The highest BCUT2D eigenvalue weighted by atomic mass is 32.2. The van der Waals surface area contributed by atoms with Crippen LogP contribution in [0, 0.1) is 12.8 Å². The van der Waals surface area contributed by atoms with Crippen LogP contribution in [-0.2, 0) is 14.8 Å². The average Bonchev–Trinajstić information content (AvgIpc) is 2.67. The molecule has 6 heteroatoms. The molecule has 0 saturated heterocycles. The summed E-state index contributed by atoms with van der Waals surface area (Å²) in [6.45, 7) is 8.09. The summed E-state index contributed by atoms with van der Waals surface area (Å²) in [4.78, 5) is 12.9. The third kappa shape index (κ3) is 5.91. The molecular weight excluding hydrogens is 372 g/mol. The molecule has 0 fully saturated rings. The number of benzene rings is 2. The first kappa shape index (κ1) is 22.1. The summed E-state index contributed by atoms with van der Waals surface area (Å²) in [5, 5.41) is 2.93. The van der Waals surface area contributed by atoms with E-state index in [9.17, 15) is 13.2 Å². The zero-order valence-corrected chi connectivity index (χ0v) is 17.8. The lowest BCUT2D eigenvalue weighted by molar-refractivity contribution is -0.123. The lowest BCUT2D eigenvalue weighted by Gasteiger charge is -2.23. The van der Waals surface area contributed by atoms with E-state index in [1.165, 1.54) is 0 Å². The predicted octanol–water partition coefficient (Wildman–Crippen LogP) is 3.61. The van der Waals surface area contributed by atoms with Crippen molar-refractivity contribution >= 4 is 15.9 Å². The number of aryl methyl sites for hydroxylation is 1. The highest BCUT2D eigenvalue weighted by Gasteiger charge is 2.28. The van der Waals surface area contributed by atoms with Crippen LogP contribution in [-0.4, -0.2) is 26.9 Å². The minimum atomic E-state index is -3.77. The van der Waals surface area contributed by atoms with E-state index in [-0.39, 0.29) is 22.6 Å². The molecule has 0 aliphatic rings. The SMILES string of the molecule is CCC(CNC(=O)[C@@H](NS(=O)(=O)c1ccc(C)cc1)C(C)C)c1ccccc1. The van der Waals surface area contributed by atoms with Gasteiger partial charge in [-0.05, 0) is 37.0 Å². The predicted molar refractivity (Wildman–Crippen MR) is 113 cm³/mol. The van der Waals surface area contributed by atoms with Gasteiger partial charge in [-0.2, -0.15) is 4.72 Å². The van der Waals surface area contributed by atoms with Crippen LogP contribution in [0.4, 0.5) is 0 Å². The fraction of sp³-hybridized carbons (Fsp3) is 0.409. The van der Waals surface area contributed by atoms with Gasteiger partial charge in [0, 0.05) is 12.5 Å². The Morgan fingerprint density at radius 1 is 1.00 bits per heavy atom. The molecule has 0 aromatic heterocycles. The maximum Gasteiger partial charge on any atom is 0.241 e. The van der Waals surface area contributed by atoms with Crippen molar-refractivity contribution in [1.29, 1.82) is 0 Å². The molecule has 0 spiro atoms. The molecule has 0 saturated carbocycles. The number of nitrogens with one attached hydrogen (secondary N) is 2. The minimum absolute atomic E-state index is 0.160. The number of carbonyl (C=O) groups excluding carboxylic acids is 1. The van der Waals surface area contributed by atoms with Crippen molar-refractivity contribution in [3.05, 3.63) is 65.7 Å². The second-order valence-corrected chi connectivity index (χ2v) is 9.13. The molecule has 2 rings (SSSR count). The normalized spacial score (nSPS) is 13.9. The maximum atomic E-state index is 12.8. The number of sulfonamides is 1. The van der Waals surface area contributed by atoms with Gasteiger partial charge >= 0.3 is 0 Å². The fourth-order valence-electron chi connectivity index (χ4n) is 3.00. The number of amides is 1. The Morgan fingerprint density at radius 3 is 2.14 bits per heavy atom. The third-order valence-electron chi connectivity index (χ3n) is 4.85. The topological polar surface area (TPSA) is 75.3 Å². The first-order valence-corrected chi connectivity index (χ1v) is 11.1. The van der Waals surface area contributed by atoms with E-state index in [4.69, 9.17) is 0 Å². The van der Waals surface area contributed by atoms with E-state index < -0.39 is 16.1 Å². The Kier molecular flexibility index (Phi) is 7.78. The fourth-order valence-corrected chi connectivity index (χ4v) is 4.35. The van der Waals surface area contributed by atoms with Crippen molar-refractivity contribution in [2.45, 2.75) is 51.0 Å². The Bertz CT molecular complexity index is 862. The molecule has 1 amide bonds. The lowest BCUT2D eigenvalue weighted by Crippen LogP contribution is -2.50. The number of hydrogen-bond acceptors (Lipinski definition) is 3. The number of hydrogen-bond donors (Lipinski definition) is 2. The van der Waals surface area contributed by atoms with E-state index in [0.29, 0.717) is 6.54 Å². The first-order valence-electron chi connectivity index (χ1n) is 9.66. The van der Waals surface area contributed by atoms with E-state index in [1.807, 2.05) is 51.1 Å². The monoisotopic (exact) mass is 402 g/mol. The number of carbonyl (C=O) groups is 1. The summed E-state index contributed by atoms with van der Waals surface area (Å²) in [6, 6.07) is 15.8. The van der Waals surface area contributed by atoms with Gasteiger partial charge < -0.3 is 5.32 Å². The van der Waals surface area contributed by atoms with Crippen LogP contribution in [0.3, 0.4) is 0 Å². The van der Waals surface area contributed by atoms with Crippen LogP contribution in [0.2, 0.25) is 0 Å². The zero-order valence-electron chi connectivity index (χ0n) is 17.0. The summed E-state index contributed by atoms with van der Waals surface area (Å²) >= 11 is 0. The van der Waals surface area contributed by atoms with Crippen LogP contribution < -0.4 is 10.0 Å². The van der Waals surface area contributed by atoms with Crippen LogP contribution in [0.15, 0.2) is 59.5 Å². The largest absolute Gasteiger partial charge is 0.354 e. The van der Waals surface area contributed by atoms with Crippen LogP contribution in [0.25, 0.3) is 0 Å². The van der Waals surface area contributed by atoms with Gasteiger partial charge in [0.05, 0.1) is 4.90 Å². The Labute approximate surface area is 168 Å². The van der Waals surface area contributed by atoms with Gasteiger partial charge in [0.25, 0.3) is 0 Å². The molecule has 152 valence electrons. The number of rotatable bonds is 9. The van der Waals surface area contributed by atoms with Crippen molar-refractivity contribution in [3.8, 4) is 0 Å². The summed E-state index contributed by atoms with van der Waals surface area (Å²) in [7, 11) is -3.77. The second-order valence-electron chi connectivity index (χ2n) is 7.42. The molecule has 2 N–H and O–H groups in total. The molecule has 0 bridgehead atoms. The molecule has 0 radical (unpaired) electrons. The van der Waals surface area contributed by atoms with Crippen LogP contribution in [0.5, 0.6) is 0 Å². The second kappa shape index (κ2) is 9.85. The van der Waals surface area contributed by atoms with Crippen molar-refractivity contribution in [3.63, 3.8) is 0 Å². The van der Waals surface area contributed by atoms with Gasteiger partial charge in [0.1, 0.15) is 6.04 Å². The van der Waals surface area contributed by atoms with E-state index in [2.05, 4.69) is 17.0 Å². The Morgan fingerprint density at radius 2 is 1.61 bits per heavy atom. The van der Waals surface area contributed by atoms with Crippen LogP contribution >= 0.6 is 0 Å². The average molecular weight is 403 g/mol. The molecular formula is C22H30N2O3S. The van der Waals surface area contributed by atoms with Gasteiger partial charge in [-0.1, -0.05) is 68.8 Å². The van der Waals surface area contributed by atoms with Crippen LogP contribution in [0.1, 0.15) is 44.2 Å². The third-order valence-corrected chi connectivity index (χ3v) is 6.31. The first-order chi connectivity index (χ1) is 13.2. The lowest BCUT2D eigenvalue weighted by atomic mass is 9.96. The molecule has 28 heavy (non-hydrogen) atoms. The highest BCUT2D eigenvalue weighted by Crippen LogP contribution is 2.18. The van der Waals surface area contributed by atoms with E-state index in [0.717, 1.165) is 17.5 Å². The van der Waals surface area contributed by atoms with Gasteiger partial charge in [0.2, 0.25) is 15.9 Å². The van der Waals surface area contributed by atoms with Crippen molar-refractivity contribution in [2.24, 2.45) is 5.92 Å². The van der Waals surface area contributed by atoms with Crippen molar-refractivity contribution in [1.82, 2.24) is 10.0 Å². The zero-order chi connectivity index (χ0) is 20.7. The Hall–Kier alpha value is -2.18. The molecule has 0 heterocycles. The molecule has 5 nitrogen and oxygen atoms in total. The van der Waals surface area contributed by atoms with E-state index in [1.54, 1.807) is 24.3 Å². The van der Waals surface area contributed by atoms with Gasteiger partial charge in [-0.25, -0.2) is 8.42 Å². The summed E-state index contributed by atoms with van der Waals surface area (Å²) in [6.07, 6.45) is 0.881. The molecule has 2 atom stereocenters. The summed E-state index contributed by atoms with van der Waals surface area (Å²) < 4.78 is 27.9. The molecule has 0 aliphatic carbocycles.